The van der Waals surface area contributed by atoms with Crippen molar-refractivity contribution in [2.24, 2.45) is 0 Å². The van der Waals surface area contributed by atoms with Crippen LogP contribution in [-0.2, 0) is 0 Å². The van der Waals surface area contributed by atoms with E-state index in [1.165, 1.54) is 11.3 Å². The number of carbonyl (C=O) groups excluding carboxylic acids is 1. The number of aromatic nitrogens is 1. The summed E-state index contributed by atoms with van der Waals surface area (Å²) in [5.74, 6) is 1.16. The summed E-state index contributed by atoms with van der Waals surface area (Å²) in [5, 5.41) is 10.2. The number of hydrogen-bond donors (Lipinski definition) is 3. The van der Waals surface area contributed by atoms with E-state index in [4.69, 9.17) is 9.47 Å². The van der Waals surface area contributed by atoms with Crippen LogP contribution < -0.4 is 25.4 Å². The number of urea groups is 1. The number of hydrogen-bond acceptors (Lipinski definition) is 6. The molecule has 0 aliphatic rings. The molecule has 27 heavy (non-hydrogen) atoms. The fourth-order valence-electron chi connectivity index (χ4n) is 2.37. The molecule has 7 nitrogen and oxygen atoms in total. The monoisotopic (exact) mass is 392 g/mol. The summed E-state index contributed by atoms with van der Waals surface area (Å²) in [7, 11) is 1.81. The summed E-state index contributed by atoms with van der Waals surface area (Å²) in [6.45, 7) is 6.70. The first-order valence-electron chi connectivity index (χ1n) is 9.25. The second kappa shape index (κ2) is 10.6. The molecule has 2 rings (SSSR count). The van der Waals surface area contributed by atoms with Gasteiger partial charge in [0.1, 0.15) is 0 Å². The molecular weight excluding hydrogens is 364 g/mol. The van der Waals surface area contributed by atoms with E-state index in [0.717, 1.165) is 24.4 Å². The second-order valence-corrected chi connectivity index (χ2v) is 6.95. The van der Waals surface area contributed by atoms with Gasteiger partial charge in [0.2, 0.25) is 5.06 Å². The Morgan fingerprint density at radius 2 is 2.00 bits per heavy atom. The number of rotatable bonds is 10. The lowest BCUT2D eigenvalue weighted by Gasteiger charge is -2.16. The smallest absolute Gasteiger partial charge is 0.319 e. The topological polar surface area (TPSA) is 84.5 Å². The van der Waals surface area contributed by atoms with Crippen molar-refractivity contribution in [1.82, 2.24) is 10.3 Å². The lowest BCUT2D eigenvalue weighted by atomic mass is 10.2. The molecule has 0 spiro atoms. The van der Waals surface area contributed by atoms with Gasteiger partial charge in [-0.2, -0.15) is 0 Å². The lowest BCUT2D eigenvalue weighted by molar-refractivity contribution is 0.247. The predicted molar refractivity (Wildman–Crippen MR) is 110 cm³/mol. The number of anilines is 2. The number of thiazole rings is 1. The van der Waals surface area contributed by atoms with Crippen LogP contribution in [0.3, 0.4) is 0 Å². The quantitative estimate of drug-likeness (QED) is 0.525. The molecule has 1 aromatic heterocycles. The van der Waals surface area contributed by atoms with E-state index < -0.39 is 0 Å². The Bertz CT molecular complexity index is 731. The molecular formula is C19H28N4O3S. The van der Waals surface area contributed by atoms with Crippen LogP contribution in [0.15, 0.2) is 24.4 Å². The highest BCUT2D eigenvalue weighted by atomic mass is 32.1. The molecule has 0 atom stereocenters. The standard InChI is InChI=1S/C19H28N4O3S/c1-5-10-25-16-11-14(23-18(24)22-13(6-2)7-3)8-9-15(16)26-17-12-21-19(20-4)27-17/h8-9,11-13H,5-7,10H2,1-4H3,(H,20,21)(H2,22,23,24). The van der Waals surface area contributed by atoms with Gasteiger partial charge in [0.25, 0.3) is 0 Å². The molecule has 148 valence electrons. The third kappa shape index (κ3) is 6.32. The van der Waals surface area contributed by atoms with Crippen LogP contribution in [0.4, 0.5) is 15.6 Å². The van der Waals surface area contributed by atoms with Gasteiger partial charge in [-0.05, 0) is 31.4 Å². The third-order valence-corrected chi connectivity index (χ3v) is 4.79. The van der Waals surface area contributed by atoms with Gasteiger partial charge >= 0.3 is 6.03 Å². The second-order valence-electron chi connectivity index (χ2n) is 5.96. The highest BCUT2D eigenvalue weighted by molar-refractivity contribution is 7.17. The van der Waals surface area contributed by atoms with E-state index >= 15 is 0 Å². The lowest BCUT2D eigenvalue weighted by Crippen LogP contribution is -2.37. The van der Waals surface area contributed by atoms with Crippen molar-refractivity contribution in [3.63, 3.8) is 0 Å². The Hall–Kier alpha value is -2.48. The molecule has 0 aliphatic carbocycles. The number of nitrogens with one attached hydrogen (secondary N) is 3. The Morgan fingerprint density at radius 3 is 2.63 bits per heavy atom. The summed E-state index contributed by atoms with van der Waals surface area (Å²) in [5.41, 5.74) is 0.650. The van der Waals surface area contributed by atoms with Gasteiger partial charge < -0.3 is 25.4 Å². The summed E-state index contributed by atoms with van der Waals surface area (Å²) < 4.78 is 11.7. The molecule has 0 saturated carbocycles. The highest BCUT2D eigenvalue weighted by Crippen LogP contribution is 2.37. The molecule has 8 heteroatoms. The predicted octanol–water partition coefficient (Wildman–Crippen LogP) is 5.08. The number of amides is 2. The average Bonchev–Trinajstić information content (AvgIpc) is 3.13. The SMILES string of the molecule is CCCOc1cc(NC(=O)NC(CC)CC)ccc1Oc1cnc(NC)s1. The highest BCUT2D eigenvalue weighted by Gasteiger charge is 2.13. The zero-order chi connectivity index (χ0) is 19.6. The molecule has 0 bridgehead atoms. The van der Waals surface area contributed by atoms with Crippen LogP contribution in [0.2, 0.25) is 0 Å². The maximum Gasteiger partial charge on any atom is 0.319 e. The van der Waals surface area contributed by atoms with Gasteiger partial charge in [0, 0.05) is 24.8 Å². The number of carbonyl (C=O) groups is 1. The molecule has 3 N–H and O–H groups in total. The molecule has 2 amide bonds. The summed E-state index contributed by atoms with van der Waals surface area (Å²) in [6, 6.07) is 5.30. The Balaban J connectivity index is 2.12. The number of nitrogens with zero attached hydrogens (tertiary/aromatic N) is 1. The largest absolute Gasteiger partial charge is 0.490 e. The van der Waals surface area contributed by atoms with E-state index in [-0.39, 0.29) is 12.1 Å². The van der Waals surface area contributed by atoms with Crippen molar-refractivity contribution >= 4 is 28.2 Å². The van der Waals surface area contributed by atoms with E-state index in [2.05, 4.69) is 34.8 Å². The van der Waals surface area contributed by atoms with Crippen molar-refractivity contribution < 1.29 is 14.3 Å². The van der Waals surface area contributed by atoms with Gasteiger partial charge in [-0.25, -0.2) is 9.78 Å². The zero-order valence-electron chi connectivity index (χ0n) is 16.3. The van der Waals surface area contributed by atoms with E-state index in [1.54, 1.807) is 24.4 Å². The Labute approximate surface area is 164 Å². The van der Waals surface area contributed by atoms with Crippen LogP contribution in [0, 0.1) is 0 Å². The first-order chi connectivity index (χ1) is 13.1. The molecule has 0 saturated heterocycles. The average molecular weight is 393 g/mol. The molecule has 2 aromatic rings. The Kier molecular flexibility index (Phi) is 8.19. The summed E-state index contributed by atoms with van der Waals surface area (Å²) in [6.07, 6.45) is 4.32. The fourth-order valence-corrected chi connectivity index (χ4v) is 3.01. The van der Waals surface area contributed by atoms with Gasteiger partial charge in [-0.15, -0.1) is 0 Å². The molecule has 0 unspecified atom stereocenters. The van der Waals surface area contributed by atoms with Crippen LogP contribution in [0.25, 0.3) is 0 Å². The van der Waals surface area contributed by atoms with Crippen molar-refractivity contribution in [3.05, 3.63) is 24.4 Å². The molecule has 1 aromatic carbocycles. The van der Waals surface area contributed by atoms with Gasteiger partial charge in [0.05, 0.1) is 12.8 Å². The van der Waals surface area contributed by atoms with Crippen LogP contribution in [-0.4, -0.2) is 30.7 Å². The third-order valence-electron chi connectivity index (χ3n) is 3.89. The molecule has 0 radical (unpaired) electrons. The minimum atomic E-state index is -0.222. The van der Waals surface area contributed by atoms with Crippen molar-refractivity contribution in [2.75, 3.05) is 24.3 Å². The maximum atomic E-state index is 12.2. The van der Waals surface area contributed by atoms with E-state index in [1.807, 2.05) is 14.0 Å². The minimum absolute atomic E-state index is 0.163. The number of benzene rings is 1. The normalized spacial score (nSPS) is 10.6. The molecule has 0 fully saturated rings. The van der Waals surface area contributed by atoms with Crippen LogP contribution in [0.1, 0.15) is 40.0 Å². The molecule has 0 aliphatic heterocycles. The van der Waals surface area contributed by atoms with Crippen molar-refractivity contribution in [1.29, 1.82) is 0 Å². The van der Waals surface area contributed by atoms with Crippen molar-refractivity contribution in [2.45, 2.75) is 46.1 Å². The summed E-state index contributed by atoms with van der Waals surface area (Å²) >= 11 is 1.41. The summed E-state index contributed by atoms with van der Waals surface area (Å²) in [4.78, 5) is 16.4. The van der Waals surface area contributed by atoms with Gasteiger partial charge in [-0.3, -0.25) is 0 Å². The Morgan fingerprint density at radius 1 is 1.22 bits per heavy atom. The molecule has 1 heterocycles. The zero-order valence-corrected chi connectivity index (χ0v) is 17.1. The maximum absolute atomic E-state index is 12.2. The van der Waals surface area contributed by atoms with Gasteiger partial charge in [-0.1, -0.05) is 32.1 Å². The minimum Gasteiger partial charge on any atom is -0.490 e. The van der Waals surface area contributed by atoms with Crippen LogP contribution >= 0.6 is 11.3 Å². The van der Waals surface area contributed by atoms with Crippen molar-refractivity contribution in [3.8, 4) is 16.6 Å². The van der Waals surface area contributed by atoms with Gasteiger partial charge in [0.15, 0.2) is 16.6 Å². The first-order valence-corrected chi connectivity index (χ1v) is 10.1. The number of ether oxygens (including phenoxy) is 2. The first kappa shape index (κ1) is 20.8. The van der Waals surface area contributed by atoms with E-state index in [9.17, 15) is 4.79 Å². The van der Waals surface area contributed by atoms with Crippen LogP contribution in [0.5, 0.6) is 16.6 Å². The fraction of sp³-hybridized carbons (Fsp3) is 0.474. The van der Waals surface area contributed by atoms with E-state index in [0.29, 0.717) is 28.9 Å².